The van der Waals surface area contributed by atoms with Gasteiger partial charge in [-0.2, -0.15) is 0 Å². The highest BCUT2D eigenvalue weighted by Gasteiger charge is 2.17. The third kappa shape index (κ3) is 5.76. The van der Waals surface area contributed by atoms with Gasteiger partial charge in [-0.25, -0.2) is 0 Å². The average molecular weight is 453 g/mol. The minimum atomic E-state index is -0.257. The lowest BCUT2D eigenvalue weighted by Crippen LogP contribution is -2.33. The van der Waals surface area contributed by atoms with Crippen molar-refractivity contribution < 1.29 is 14.7 Å². The summed E-state index contributed by atoms with van der Waals surface area (Å²) in [4.78, 5) is 27.0. The number of hydrogen-bond acceptors (Lipinski definition) is 3. The molecule has 0 fully saturated rings. The highest BCUT2D eigenvalue weighted by atomic mass is 79.9. The smallest absolute Gasteiger partial charge is 0.255 e. The van der Waals surface area contributed by atoms with Gasteiger partial charge in [0.1, 0.15) is 0 Å². The average Bonchev–Trinajstić information content (AvgIpc) is 2.74. The van der Waals surface area contributed by atoms with Gasteiger partial charge in [-0.3, -0.25) is 9.59 Å². The maximum absolute atomic E-state index is 13.0. The molecule has 2 amide bonds. The molecule has 5 nitrogen and oxygen atoms in total. The summed E-state index contributed by atoms with van der Waals surface area (Å²) in [6.07, 6.45) is 0. The number of carbonyl (C=O) groups is 2. The molecule has 0 aliphatic rings. The van der Waals surface area contributed by atoms with Gasteiger partial charge in [-0.05, 0) is 42.0 Å². The lowest BCUT2D eigenvalue weighted by Gasteiger charge is -2.22. The molecule has 0 aliphatic heterocycles. The Hall–Kier alpha value is -2.96. The van der Waals surface area contributed by atoms with E-state index in [1.807, 2.05) is 36.4 Å². The van der Waals surface area contributed by atoms with Gasteiger partial charge in [0.25, 0.3) is 11.8 Å². The van der Waals surface area contributed by atoms with Crippen LogP contribution in [0.25, 0.3) is 0 Å². The van der Waals surface area contributed by atoms with Crippen LogP contribution in [0, 0.1) is 0 Å². The number of aliphatic hydroxyl groups excluding tert-OH is 1. The summed E-state index contributed by atoms with van der Waals surface area (Å²) in [6, 6.07) is 23.5. The van der Waals surface area contributed by atoms with Crippen LogP contribution in [-0.2, 0) is 6.54 Å². The number of anilines is 1. The minimum absolute atomic E-state index is 0.127. The molecule has 0 aliphatic carbocycles. The fourth-order valence-corrected chi connectivity index (χ4v) is 3.32. The Bertz CT molecular complexity index is 992. The maximum Gasteiger partial charge on any atom is 0.255 e. The van der Waals surface area contributed by atoms with Crippen molar-refractivity contribution in [2.75, 3.05) is 18.5 Å². The van der Waals surface area contributed by atoms with Crippen molar-refractivity contribution in [2.24, 2.45) is 0 Å². The van der Waals surface area contributed by atoms with Crippen molar-refractivity contribution >= 4 is 33.4 Å². The summed E-state index contributed by atoms with van der Waals surface area (Å²) < 4.78 is 0.814. The van der Waals surface area contributed by atoms with Gasteiger partial charge in [-0.15, -0.1) is 0 Å². The van der Waals surface area contributed by atoms with E-state index in [-0.39, 0.29) is 25.0 Å². The lowest BCUT2D eigenvalue weighted by atomic mass is 10.1. The quantitative estimate of drug-likeness (QED) is 0.560. The van der Waals surface area contributed by atoms with Gasteiger partial charge in [0.05, 0.1) is 6.61 Å². The van der Waals surface area contributed by atoms with E-state index in [9.17, 15) is 14.7 Å². The van der Waals surface area contributed by atoms with Crippen molar-refractivity contribution in [2.45, 2.75) is 6.54 Å². The van der Waals surface area contributed by atoms with Gasteiger partial charge in [0, 0.05) is 34.4 Å². The van der Waals surface area contributed by atoms with Crippen LogP contribution in [0.3, 0.4) is 0 Å². The zero-order valence-corrected chi connectivity index (χ0v) is 17.3. The highest BCUT2D eigenvalue weighted by Crippen LogP contribution is 2.17. The molecule has 0 saturated heterocycles. The van der Waals surface area contributed by atoms with Crippen LogP contribution in [0.5, 0.6) is 0 Å². The molecule has 3 aromatic rings. The number of carbonyl (C=O) groups excluding carboxylic acids is 2. The molecular weight excluding hydrogens is 432 g/mol. The molecule has 0 aromatic heterocycles. The Morgan fingerprint density at radius 1 is 0.897 bits per heavy atom. The van der Waals surface area contributed by atoms with Gasteiger partial charge in [0.2, 0.25) is 0 Å². The molecule has 0 radical (unpaired) electrons. The molecule has 2 N–H and O–H groups in total. The SMILES string of the molecule is O=C(Nc1cccc(C(=O)N(CCO)Cc2ccccc2)c1)c1cccc(Br)c1. The van der Waals surface area contributed by atoms with Crippen molar-refractivity contribution in [3.05, 3.63) is 100 Å². The Morgan fingerprint density at radius 2 is 1.62 bits per heavy atom. The van der Waals surface area contributed by atoms with Gasteiger partial charge in [0.15, 0.2) is 0 Å². The topological polar surface area (TPSA) is 69.6 Å². The molecule has 0 heterocycles. The number of benzene rings is 3. The van der Waals surface area contributed by atoms with Crippen molar-refractivity contribution in [3.8, 4) is 0 Å². The molecule has 0 unspecified atom stereocenters. The second kappa shape index (κ2) is 10.0. The van der Waals surface area contributed by atoms with Crippen molar-refractivity contribution in [3.63, 3.8) is 0 Å². The van der Waals surface area contributed by atoms with Crippen LogP contribution in [0.15, 0.2) is 83.3 Å². The van der Waals surface area contributed by atoms with E-state index in [0.717, 1.165) is 10.0 Å². The molecule has 0 spiro atoms. The zero-order valence-electron chi connectivity index (χ0n) is 15.7. The highest BCUT2D eigenvalue weighted by molar-refractivity contribution is 9.10. The number of rotatable bonds is 7. The second-order valence-electron chi connectivity index (χ2n) is 6.48. The Kier molecular flexibility index (Phi) is 7.16. The van der Waals surface area contributed by atoms with Crippen LogP contribution in [0.4, 0.5) is 5.69 Å². The molecule has 148 valence electrons. The summed E-state index contributed by atoms with van der Waals surface area (Å²) in [6.45, 7) is 0.495. The molecule has 0 atom stereocenters. The van der Waals surface area contributed by atoms with E-state index >= 15 is 0 Å². The van der Waals surface area contributed by atoms with E-state index in [1.54, 1.807) is 47.4 Å². The van der Waals surface area contributed by atoms with E-state index in [2.05, 4.69) is 21.2 Å². The second-order valence-corrected chi connectivity index (χ2v) is 7.40. The van der Waals surface area contributed by atoms with E-state index in [0.29, 0.717) is 23.4 Å². The number of aliphatic hydroxyl groups is 1. The van der Waals surface area contributed by atoms with E-state index in [1.165, 1.54) is 0 Å². The van der Waals surface area contributed by atoms with Crippen molar-refractivity contribution in [1.29, 1.82) is 0 Å². The van der Waals surface area contributed by atoms with E-state index in [4.69, 9.17) is 0 Å². The fraction of sp³-hybridized carbons (Fsp3) is 0.130. The molecule has 29 heavy (non-hydrogen) atoms. The van der Waals surface area contributed by atoms with Crippen LogP contribution in [0.2, 0.25) is 0 Å². The summed E-state index contributed by atoms with van der Waals surface area (Å²) in [5, 5.41) is 12.2. The third-order valence-electron chi connectivity index (χ3n) is 4.33. The van der Waals surface area contributed by atoms with Crippen LogP contribution >= 0.6 is 15.9 Å². The van der Waals surface area contributed by atoms with Crippen LogP contribution in [-0.4, -0.2) is 35.0 Å². The fourth-order valence-electron chi connectivity index (χ4n) is 2.92. The summed E-state index contributed by atoms with van der Waals surface area (Å²) >= 11 is 3.35. The first-order valence-corrected chi connectivity index (χ1v) is 9.97. The van der Waals surface area contributed by atoms with Crippen molar-refractivity contribution in [1.82, 2.24) is 4.90 Å². The molecule has 3 rings (SSSR count). The molecule has 0 bridgehead atoms. The largest absolute Gasteiger partial charge is 0.395 e. The first-order valence-electron chi connectivity index (χ1n) is 9.18. The Balaban J connectivity index is 1.76. The number of hydrogen-bond donors (Lipinski definition) is 2. The summed E-state index contributed by atoms with van der Waals surface area (Å²) in [5.74, 6) is -0.464. The van der Waals surface area contributed by atoms with Crippen LogP contribution < -0.4 is 5.32 Å². The first kappa shape index (κ1) is 20.8. The minimum Gasteiger partial charge on any atom is -0.395 e. The monoisotopic (exact) mass is 452 g/mol. The van der Waals surface area contributed by atoms with Gasteiger partial charge in [-0.1, -0.05) is 58.4 Å². The molecule has 6 heteroatoms. The molecular formula is C23H21BrN2O3. The van der Waals surface area contributed by atoms with E-state index < -0.39 is 0 Å². The number of amides is 2. The van der Waals surface area contributed by atoms with Gasteiger partial charge >= 0.3 is 0 Å². The van der Waals surface area contributed by atoms with Gasteiger partial charge < -0.3 is 15.3 Å². The normalized spacial score (nSPS) is 10.4. The lowest BCUT2D eigenvalue weighted by molar-refractivity contribution is 0.0707. The zero-order chi connectivity index (χ0) is 20.6. The van der Waals surface area contributed by atoms with Crippen LogP contribution in [0.1, 0.15) is 26.3 Å². The predicted molar refractivity (Wildman–Crippen MR) is 117 cm³/mol. The molecule has 0 saturated carbocycles. The standard InChI is InChI=1S/C23H21BrN2O3/c24-20-10-4-8-18(14-20)22(28)25-21-11-5-9-19(15-21)23(29)26(12-13-27)16-17-6-2-1-3-7-17/h1-11,14-15,27H,12-13,16H2,(H,25,28). The molecule has 3 aromatic carbocycles. The number of nitrogens with zero attached hydrogens (tertiary/aromatic N) is 1. The first-order chi connectivity index (χ1) is 14.1. The number of halogens is 1. The third-order valence-corrected chi connectivity index (χ3v) is 4.82. The maximum atomic E-state index is 13.0. The predicted octanol–water partition coefficient (Wildman–Crippen LogP) is 4.34. The number of nitrogens with one attached hydrogen (secondary N) is 1. The summed E-state index contributed by atoms with van der Waals surface area (Å²) in [7, 11) is 0. The summed E-state index contributed by atoms with van der Waals surface area (Å²) in [5.41, 5.74) is 2.47. The Labute approximate surface area is 178 Å². The Morgan fingerprint density at radius 3 is 2.34 bits per heavy atom.